The van der Waals surface area contributed by atoms with E-state index in [2.05, 4.69) is 4.52 Å². The topological polar surface area (TPSA) is 72.6 Å². The van der Waals surface area contributed by atoms with Crippen LogP contribution in [0.1, 0.15) is 11.1 Å². The molecule has 0 aliphatic carbocycles. The molecule has 20 heavy (non-hydrogen) atoms. The van der Waals surface area contributed by atoms with Crippen molar-refractivity contribution in [2.24, 2.45) is 4.52 Å². The summed E-state index contributed by atoms with van der Waals surface area (Å²) in [5.41, 5.74) is 1.02. The maximum Gasteiger partial charge on any atom is 0.344 e. The summed E-state index contributed by atoms with van der Waals surface area (Å²) in [6.07, 6.45) is 0. The molecule has 1 heterocycles. The van der Waals surface area contributed by atoms with Crippen LogP contribution in [0.25, 0.3) is 10.6 Å². The Morgan fingerprint density at radius 1 is 0.850 bits per heavy atom. The van der Waals surface area contributed by atoms with Gasteiger partial charge in [-0.25, -0.2) is 0 Å². The highest BCUT2D eigenvalue weighted by Gasteiger charge is 2.39. The van der Waals surface area contributed by atoms with Gasteiger partial charge in [0.25, 0.3) is 5.70 Å². The molecule has 0 radical (unpaired) electrons. The summed E-state index contributed by atoms with van der Waals surface area (Å²) in [6, 6.07) is 17.1. The molecule has 0 aromatic heterocycles. The molecule has 100 valence electrons. The van der Waals surface area contributed by atoms with Gasteiger partial charge >= 0.3 is 10.0 Å². The summed E-state index contributed by atoms with van der Waals surface area (Å²) in [6.45, 7) is 0. The molecule has 5 nitrogen and oxygen atoms in total. The van der Waals surface area contributed by atoms with E-state index in [9.17, 15) is 13.6 Å². The predicted molar refractivity (Wildman–Crippen MR) is 74.7 cm³/mol. The SMILES string of the molecule is O=S1(=O)N=[N+]([O-])C(c2ccccc2)=C1c1ccccc1. The molecule has 0 spiro atoms. The van der Waals surface area contributed by atoms with Crippen LogP contribution in [0.3, 0.4) is 0 Å². The van der Waals surface area contributed by atoms with Crippen LogP contribution in [0.2, 0.25) is 0 Å². The third-order valence-corrected chi connectivity index (χ3v) is 4.24. The van der Waals surface area contributed by atoms with Crippen molar-refractivity contribution in [1.82, 2.24) is 0 Å². The fraction of sp³-hybridized carbons (Fsp3) is 0. The minimum Gasteiger partial charge on any atom is -0.593 e. The van der Waals surface area contributed by atoms with E-state index in [-0.39, 0.29) is 15.5 Å². The summed E-state index contributed by atoms with van der Waals surface area (Å²) < 4.78 is 27.4. The molecule has 1 aliphatic heterocycles. The van der Waals surface area contributed by atoms with E-state index in [0.29, 0.717) is 11.1 Å². The molecule has 0 N–H and O–H groups in total. The molecule has 0 bridgehead atoms. The lowest BCUT2D eigenvalue weighted by atomic mass is 10.1. The molecule has 0 unspecified atom stereocenters. The second-order valence-electron chi connectivity index (χ2n) is 4.24. The van der Waals surface area contributed by atoms with Gasteiger partial charge in [0.15, 0.2) is 4.91 Å². The zero-order valence-corrected chi connectivity index (χ0v) is 11.1. The third kappa shape index (κ3) is 2.00. The first-order valence-electron chi connectivity index (χ1n) is 5.90. The molecule has 0 fully saturated rings. The number of nitrogens with zero attached hydrogens (tertiary/aromatic N) is 2. The highest BCUT2D eigenvalue weighted by Crippen LogP contribution is 2.37. The lowest BCUT2D eigenvalue weighted by Gasteiger charge is -2.02. The van der Waals surface area contributed by atoms with Crippen molar-refractivity contribution in [2.45, 2.75) is 0 Å². The smallest absolute Gasteiger partial charge is 0.344 e. The van der Waals surface area contributed by atoms with Crippen LogP contribution >= 0.6 is 0 Å². The van der Waals surface area contributed by atoms with Crippen molar-refractivity contribution >= 4 is 20.6 Å². The maximum atomic E-state index is 12.1. The number of sulfonamides is 1. The van der Waals surface area contributed by atoms with Gasteiger partial charge in [-0.3, -0.25) is 0 Å². The Labute approximate surface area is 116 Å². The van der Waals surface area contributed by atoms with E-state index in [0.717, 1.165) is 0 Å². The molecule has 6 heteroatoms. The molecule has 2 aromatic rings. The van der Waals surface area contributed by atoms with Gasteiger partial charge in [0.1, 0.15) is 4.52 Å². The van der Waals surface area contributed by atoms with Crippen LogP contribution in [0.5, 0.6) is 0 Å². The van der Waals surface area contributed by atoms with Gasteiger partial charge < -0.3 is 5.21 Å². The van der Waals surface area contributed by atoms with Gasteiger partial charge in [0, 0.05) is 5.56 Å². The van der Waals surface area contributed by atoms with Crippen molar-refractivity contribution in [3.63, 3.8) is 0 Å². The monoisotopic (exact) mass is 286 g/mol. The summed E-state index contributed by atoms with van der Waals surface area (Å²) in [5, 5.41) is 11.9. The van der Waals surface area contributed by atoms with Crippen molar-refractivity contribution < 1.29 is 13.3 Å². The van der Waals surface area contributed by atoms with Gasteiger partial charge in [0.05, 0.1) is 5.56 Å². The Balaban J connectivity index is 2.33. The summed E-state index contributed by atoms with van der Waals surface area (Å²) in [5.74, 6) is 0. The normalized spacial score (nSPS) is 17.1. The molecular weight excluding hydrogens is 276 g/mol. The molecular formula is C14H10N2O3S. The molecule has 2 aromatic carbocycles. The van der Waals surface area contributed by atoms with E-state index in [1.54, 1.807) is 60.7 Å². The third-order valence-electron chi connectivity index (χ3n) is 2.93. The number of rotatable bonds is 2. The molecule has 0 saturated heterocycles. The first kappa shape index (κ1) is 12.6. The lowest BCUT2D eigenvalue weighted by Crippen LogP contribution is -1.99. The van der Waals surface area contributed by atoms with Crippen LogP contribution < -0.4 is 0 Å². The van der Waals surface area contributed by atoms with Crippen molar-refractivity contribution in [2.75, 3.05) is 0 Å². The number of benzene rings is 2. The standard InChI is InChI=1S/C14H10N2O3S/c17-16-13(11-7-3-1-4-8-11)14(20(18,19)15-16)12-9-5-2-6-10-12/h1-10H. The zero-order valence-electron chi connectivity index (χ0n) is 10.3. The first-order valence-corrected chi connectivity index (χ1v) is 7.34. The first-order chi connectivity index (χ1) is 9.59. The Hall–Kier alpha value is -2.47. The second kappa shape index (κ2) is 4.57. The van der Waals surface area contributed by atoms with Crippen LogP contribution in [0, 0.1) is 5.21 Å². The van der Waals surface area contributed by atoms with Crippen molar-refractivity contribution in [1.29, 1.82) is 0 Å². The van der Waals surface area contributed by atoms with Crippen molar-refractivity contribution in [3.8, 4) is 0 Å². The predicted octanol–water partition coefficient (Wildman–Crippen LogP) is 2.82. The Morgan fingerprint density at radius 3 is 1.90 bits per heavy atom. The lowest BCUT2D eigenvalue weighted by molar-refractivity contribution is -0.417. The van der Waals surface area contributed by atoms with Gasteiger partial charge in [-0.15, -0.1) is 0 Å². The Kier molecular flexibility index (Phi) is 2.87. The maximum absolute atomic E-state index is 12.1. The molecule has 1 aliphatic rings. The number of hydrogen-bond acceptors (Lipinski definition) is 3. The Bertz CT molecular complexity index is 810. The zero-order chi connectivity index (χ0) is 14.2. The van der Waals surface area contributed by atoms with Gasteiger partial charge in [-0.05, 0) is 17.0 Å². The largest absolute Gasteiger partial charge is 0.593 e. The minimum atomic E-state index is -3.97. The summed E-state index contributed by atoms with van der Waals surface area (Å²) in [7, 11) is -3.97. The van der Waals surface area contributed by atoms with Crippen LogP contribution in [-0.4, -0.2) is 13.3 Å². The van der Waals surface area contributed by atoms with Gasteiger partial charge in [-0.1, -0.05) is 48.5 Å². The summed E-state index contributed by atoms with van der Waals surface area (Å²) in [4.78, 5) is 0.117. The quantitative estimate of drug-likeness (QED) is 0.629. The van der Waals surface area contributed by atoms with E-state index in [1.165, 1.54) is 0 Å². The van der Waals surface area contributed by atoms with Gasteiger partial charge in [0.2, 0.25) is 0 Å². The van der Waals surface area contributed by atoms with Crippen LogP contribution in [0.15, 0.2) is 65.2 Å². The fourth-order valence-electron chi connectivity index (χ4n) is 2.10. The average Bonchev–Trinajstić information content (AvgIpc) is 2.70. The highest BCUT2D eigenvalue weighted by atomic mass is 32.2. The summed E-state index contributed by atoms with van der Waals surface area (Å²) >= 11 is 0. The van der Waals surface area contributed by atoms with E-state index >= 15 is 0 Å². The molecule has 0 atom stereocenters. The number of hydrogen-bond donors (Lipinski definition) is 0. The molecule has 3 rings (SSSR count). The van der Waals surface area contributed by atoms with Crippen LogP contribution in [0.4, 0.5) is 0 Å². The van der Waals surface area contributed by atoms with E-state index in [1.807, 2.05) is 0 Å². The average molecular weight is 286 g/mol. The van der Waals surface area contributed by atoms with Crippen LogP contribution in [-0.2, 0) is 10.0 Å². The molecule has 0 amide bonds. The Morgan fingerprint density at radius 2 is 1.35 bits per heavy atom. The second-order valence-corrected chi connectivity index (χ2v) is 5.76. The molecule has 0 saturated carbocycles. The minimum absolute atomic E-state index is 0.0526. The number of hydroxylamine groups is 1. The highest BCUT2D eigenvalue weighted by molar-refractivity contribution is 7.99. The van der Waals surface area contributed by atoms with E-state index in [4.69, 9.17) is 0 Å². The van der Waals surface area contributed by atoms with Gasteiger partial charge in [-0.2, -0.15) is 8.42 Å². The fourth-order valence-corrected chi connectivity index (χ4v) is 3.33. The van der Waals surface area contributed by atoms with E-state index < -0.39 is 10.0 Å². The van der Waals surface area contributed by atoms with Crippen molar-refractivity contribution in [3.05, 3.63) is 77.0 Å².